The van der Waals surface area contributed by atoms with Gasteiger partial charge in [0.25, 0.3) is 0 Å². The maximum Gasteiger partial charge on any atom is 0.225 e. The predicted octanol–water partition coefficient (Wildman–Crippen LogP) is 2.84. The van der Waals surface area contributed by atoms with Crippen LogP contribution in [0, 0.1) is 6.92 Å². The summed E-state index contributed by atoms with van der Waals surface area (Å²) in [5, 5.41) is 6.27. The van der Waals surface area contributed by atoms with Gasteiger partial charge in [-0.2, -0.15) is 0 Å². The Morgan fingerprint density at radius 1 is 1.47 bits per heavy atom. The fraction of sp³-hybridized carbons (Fsp3) is 0.462. The first-order chi connectivity index (χ1) is 8.15. The van der Waals surface area contributed by atoms with E-state index in [1.165, 1.54) is 12.8 Å². The third kappa shape index (κ3) is 4.13. The summed E-state index contributed by atoms with van der Waals surface area (Å²) in [5.41, 5.74) is 1.97. The topological polar surface area (TPSA) is 41.1 Å². The molecule has 0 spiro atoms. The molecule has 0 aliphatic heterocycles. The summed E-state index contributed by atoms with van der Waals surface area (Å²) in [6.07, 6.45) is 3.04. The molecule has 1 aromatic carbocycles. The first-order valence-corrected chi connectivity index (χ1v) is 6.74. The molecule has 0 aromatic heterocycles. The van der Waals surface area contributed by atoms with Gasteiger partial charge in [0.2, 0.25) is 5.91 Å². The lowest BCUT2D eigenvalue weighted by Gasteiger charge is -2.09. The SMILES string of the molecule is Cc1ccc(Br)cc1NC(=O)CCNC1CC1. The van der Waals surface area contributed by atoms with Crippen molar-refractivity contribution in [3.8, 4) is 0 Å². The summed E-state index contributed by atoms with van der Waals surface area (Å²) in [7, 11) is 0. The van der Waals surface area contributed by atoms with E-state index in [2.05, 4.69) is 26.6 Å². The normalized spacial score (nSPS) is 14.7. The highest BCUT2D eigenvalue weighted by molar-refractivity contribution is 9.10. The number of halogens is 1. The molecule has 4 heteroatoms. The van der Waals surface area contributed by atoms with Gasteiger partial charge in [0, 0.05) is 29.2 Å². The second kappa shape index (κ2) is 5.65. The van der Waals surface area contributed by atoms with Crippen molar-refractivity contribution in [2.45, 2.75) is 32.2 Å². The fourth-order valence-electron chi connectivity index (χ4n) is 1.62. The minimum atomic E-state index is 0.0688. The highest BCUT2D eigenvalue weighted by Gasteiger charge is 2.20. The van der Waals surface area contributed by atoms with Gasteiger partial charge in [0.05, 0.1) is 0 Å². The number of nitrogens with one attached hydrogen (secondary N) is 2. The van der Waals surface area contributed by atoms with Gasteiger partial charge in [0.15, 0.2) is 0 Å². The number of rotatable bonds is 5. The van der Waals surface area contributed by atoms with Crippen molar-refractivity contribution in [2.24, 2.45) is 0 Å². The minimum absolute atomic E-state index is 0.0688. The van der Waals surface area contributed by atoms with E-state index in [-0.39, 0.29) is 5.91 Å². The van der Waals surface area contributed by atoms with Crippen molar-refractivity contribution in [1.29, 1.82) is 0 Å². The van der Waals surface area contributed by atoms with E-state index in [1.807, 2.05) is 25.1 Å². The molecule has 3 nitrogen and oxygen atoms in total. The molecule has 2 rings (SSSR count). The van der Waals surface area contributed by atoms with Crippen LogP contribution < -0.4 is 10.6 Å². The van der Waals surface area contributed by atoms with Crippen LogP contribution in [0.3, 0.4) is 0 Å². The van der Waals surface area contributed by atoms with Crippen LogP contribution in [-0.4, -0.2) is 18.5 Å². The standard InChI is InChI=1S/C13H17BrN2O/c1-9-2-3-10(14)8-12(9)16-13(17)6-7-15-11-4-5-11/h2-3,8,11,15H,4-7H2,1H3,(H,16,17). The molecular formula is C13H17BrN2O. The van der Waals surface area contributed by atoms with Crippen molar-refractivity contribution >= 4 is 27.5 Å². The number of anilines is 1. The first kappa shape index (κ1) is 12.6. The summed E-state index contributed by atoms with van der Waals surface area (Å²) in [6.45, 7) is 2.76. The number of amides is 1. The molecule has 0 unspecified atom stereocenters. The summed E-state index contributed by atoms with van der Waals surface area (Å²) >= 11 is 3.40. The molecule has 92 valence electrons. The maximum absolute atomic E-state index is 11.7. The summed E-state index contributed by atoms with van der Waals surface area (Å²) in [5.74, 6) is 0.0688. The zero-order valence-corrected chi connectivity index (χ0v) is 11.5. The van der Waals surface area contributed by atoms with Crippen LogP contribution in [0.2, 0.25) is 0 Å². The van der Waals surface area contributed by atoms with Gasteiger partial charge in [-0.05, 0) is 37.5 Å². The van der Waals surface area contributed by atoms with Gasteiger partial charge >= 0.3 is 0 Å². The zero-order valence-electron chi connectivity index (χ0n) is 9.92. The molecule has 0 heterocycles. The van der Waals surface area contributed by atoms with Gasteiger partial charge in [-0.3, -0.25) is 4.79 Å². The van der Waals surface area contributed by atoms with Gasteiger partial charge in [-0.25, -0.2) is 0 Å². The highest BCUT2D eigenvalue weighted by Crippen LogP contribution is 2.21. The smallest absolute Gasteiger partial charge is 0.225 e. The molecule has 0 bridgehead atoms. The Morgan fingerprint density at radius 2 is 2.24 bits per heavy atom. The van der Waals surface area contributed by atoms with E-state index >= 15 is 0 Å². The van der Waals surface area contributed by atoms with E-state index in [9.17, 15) is 4.79 Å². The Balaban J connectivity index is 1.81. The van der Waals surface area contributed by atoms with Crippen LogP contribution >= 0.6 is 15.9 Å². The van der Waals surface area contributed by atoms with E-state index in [0.29, 0.717) is 12.5 Å². The number of aryl methyl sites for hydroxylation is 1. The quantitative estimate of drug-likeness (QED) is 0.877. The van der Waals surface area contributed by atoms with Crippen LogP contribution in [0.4, 0.5) is 5.69 Å². The lowest BCUT2D eigenvalue weighted by Crippen LogP contribution is -2.23. The second-order valence-corrected chi connectivity index (χ2v) is 5.40. The second-order valence-electron chi connectivity index (χ2n) is 4.49. The summed E-state index contributed by atoms with van der Waals surface area (Å²) < 4.78 is 0.981. The average molecular weight is 297 g/mol. The van der Waals surface area contributed by atoms with Crippen molar-refractivity contribution in [3.05, 3.63) is 28.2 Å². The van der Waals surface area contributed by atoms with E-state index in [1.54, 1.807) is 0 Å². The molecule has 17 heavy (non-hydrogen) atoms. The third-order valence-electron chi connectivity index (χ3n) is 2.84. The largest absolute Gasteiger partial charge is 0.326 e. The lowest BCUT2D eigenvalue weighted by molar-refractivity contribution is -0.116. The molecule has 2 N–H and O–H groups in total. The zero-order chi connectivity index (χ0) is 12.3. The van der Waals surface area contributed by atoms with Crippen molar-refractivity contribution in [3.63, 3.8) is 0 Å². The van der Waals surface area contributed by atoms with Crippen LogP contribution in [-0.2, 0) is 4.79 Å². The highest BCUT2D eigenvalue weighted by atomic mass is 79.9. The molecule has 0 atom stereocenters. The third-order valence-corrected chi connectivity index (χ3v) is 3.33. The van der Waals surface area contributed by atoms with Crippen LogP contribution in [0.5, 0.6) is 0 Å². The number of hydrogen-bond acceptors (Lipinski definition) is 2. The van der Waals surface area contributed by atoms with Gasteiger partial charge in [0.1, 0.15) is 0 Å². The van der Waals surface area contributed by atoms with Gasteiger partial charge in [-0.1, -0.05) is 22.0 Å². The molecule has 1 aliphatic rings. The Hall–Kier alpha value is -0.870. The molecule has 1 aromatic rings. The molecule has 1 aliphatic carbocycles. The molecule has 0 saturated heterocycles. The van der Waals surface area contributed by atoms with Crippen molar-refractivity contribution in [2.75, 3.05) is 11.9 Å². The lowest BCUT2D eigenvalue weighted by atomic mass is 10.2. The van der Waals surface area contributed by atoms with Crippen LogP contribution in [0.1, 0.15) is 24.8 Å². The fourth-order valence-corrected chi connectivity index (χ4v) is 1.98. The molecule has 0 radical (unpaired) electrons. The predicted molar refractivity (Wildman–Crippen MR) is 73.2 cm³/mol. The van der Waals surface area contributed by atoms with Gasteiger partial charge < -0.3 is 10.6 Å². The van der Waals surface area contributed by atoms with Crippen LogP contribution in [0.25, 0.3) is 0 Å². The van der Waals surface area contributed by atoms with Gasteiger partial charge in [-0.15, -0.1) is 0 Å². The Labute approximate surface area is 110 Å². The molecule has 1 fully saturated rings. The molecular weight excluding hydrogens is 280 g/mol. The Kier molecular flexibility index (Phi) is 4.18. The minimum Gasteiger partial charge on any atom is -0.326 e. The van der Waals surface area contributed by atoms with E-state index < -0.39 is 0 Å². The van der Waals surface area contributed by atoms with E-state index in [4.69, 9.17) is 0 Å². The molecule has 1 amide bonds. The summed E-state index contributed by atoms with van der Waals surface area (Å²) in [4.78, 5) is 11.7. The Bertz CT molecular complexity index is 416. The summed E-state index contributed by atoms with van der Waals surface area (Å²) in [6, 6.07) is 6.55. The maximum atomic E-state index is 11.7. The number of carbonyl (C=O) groups excluding carboxylic acids is 1. The first-order valence-electron chi connectivity index (χ1n) is 5.94. The van der Waals surface area contributed by atoms with Crippen molar-refractivity contribution < 1.29 is 4.79 Å². The Morgan fingerprint density at radius 3 is 2.94 bits per heavy atom. The van der Waals surface area contributed by atoms with Crippen LogP contribution in [0.15, 0.2) is 22.7 Å². The van der Waals surface area contributed by atoms with E-state index in [0.717, 1.165) is 22.3 Å². The molecule has 1 saturated carbocycles. The van der Waals surface area contributed by atoms with Crippen molar-refractivity contribution in [1.82, 2.24) is 5.32 Å². The number of carbonyl (C=O) groups is 1. The number of hydrogen-bond donors (Lipinski definition) is 2. The monoisotopic (exact) mass is 296 g/mol. The number of benzene rings is 1. The average Bonchev–Trinajstić information content (AvgIpc) is 3.07.